The van der Waals surface area contributed by atoms with Crippen LogP contribution in [0.25, 0.3) is 0 Å². The molecule has 88 valence electrons. The summed E-state index contributed by atoms with van der Waals surface area (Å²) in [4.78, 5) is 2.49. The highest BCUT2D eigenvalue weighted by atomic mass is 15.2. The summed E-state index contributed by atoms with van der Waals surface area (Å²) in [6.07, 6.45) is 0. The predicted octanol–water partition coefficient (Wildman–Crippen LogP) is 2.42. The molecule has 0 aromatic heterocycles. The summed E-state index contributed by atoms with van der Waals surface area (Å²) in [7, 11) is 0. The van der Waals surface area contributed by atoms with Crippen molar-refractivity contribution in [1.82, 2.24) is 4.90 Å². The molecule has 16 heavy (non-hydrogen) atoms. The smallest absolute Gasteiger partial charge is 0.0320 e. The topological polar surface area (TPSA) is 29.3 Å². The van der Waals surface area contributed by atoms with Gasteiger partial charge in [0.1, 0.15) is 0 Å². The molecular formula is C14H22N2. The van der Waals surface area contributed by atoms with Crippen molar-refractivity contribution < 1.29 is 0 Å². The molecule has 2 rings (SSSR count). The highest BCUT2D eigenvalue weighted by Crippen LogP contribution is 2.33. The van der Waals surface area contributed by atoms with Crippen LogP contribution in [0.3, 0.4) is 0 Å². The van der Waals surface area contributed by atoms with E-state index in [4.69, 9.17) is 5.73 Å². The summed E-state index contributed by atoms with van der Waals surface area (Å²) >= 11 is 0. The molecule has 0 unspecified atom stereocenters. The predicted molar refractivity (Wildman–Crippen MR) is 68.2 cm³/mol. The largest absolute Gasteiger partial charge is 0.326 e. The number of benzene rings is 1. The van der Waals surface area contributed by atoms with Crippen LogP contribution in [0, 0.1) is 5.41 Å². The van der Waals surface area contributed by atoms with Crippen molar-refractivity contribution in [2.75, 3.05) is 13.1 Å². The second-order valence-corrected chi connectivity index (χ2v) is 5.61. The fraction of sp³-hybridized carbons (Fsp3) is 0.571. The maximum absolute atomic E-state index is 6.18. The molecule has 1 aromatic rings. The van der Waals surface area contributed by atoms with Crippen molar-refractivity contribution >= 4 is 0 Å². The van der Waals surface area contributed by atoms with Crippen LogP contribution < -0.4 is 5.73 Å². The maximum atomic E-state index is 6.18. The molecule has 1 aliphatic heterocycles. The van der Waals surface area contributed by atoms with Crippen LogP contribution in [0.15, 0.2) is 30.3 Å². The van der Waals surface area contributed by atoms with Crippen LogP contribution in [-0.2, 0) is 0 Å². The van der Waals surface area contributed by atoms with Gasteiger partial charge in [-0.1, -0.05) is 44.2 Å². The van der Waals surface area contributed by atoms with E-state index in [1.54, 1.807) is 0 Å². The Morgan fingerprint density at radius 2 is 1.94 bits per heavy atom. The SMILES string of the molecule is C[C@H](c1ccccc1)N1C[C@H](N)C(C)(C)C1. The Kier molecular flexibility index (Phi) is 3.04. The summed E-state index contributed by atoms with van der Waals surface area (Å²) in [5, 5.41) is 0. The summed E-state index contributed by atoms with van der Waals surface area (Å²) in [5.74, 6) is 0. The van der Waals surface area contributed by atoms with Gasteiger partial charge in [0, 0.05) is 25.2 Å². The average Bonchev–Trinajstić information content (AvgIpc) is 2.54. The van der Waals surface area contributed by atoms with E-state index in [1.165, 1.54) is 5.56 Å². The van der Waals surface area contributed by atoms with Gasteiger partial charge in [-0.2, -0.15) is 0 Å². The monoisotopic (exact) mass is 218 g/mol. The lowest BCUT2D eigenvalue weighted by Gasteiger charge is -2.26. The summed E-state index contributed by atoms with van der Waals surface area (Å²) in [6, 6.07) is 11.4. The van der Waals surface area contributed by atoms with E-state index in [-0.39, 0.29) is 5.41 Å². The van der Waals surface area contributed by atoms with Crippen molar-refractivity contribution in [3.05, 3.63) is 35.9 Å². The van der Waals surface area contributed by atoms with E-state index < -0.39 is 0 Å². The Balaban J connectivity index is 2.11. The number of rotatable bonds is 2. The third-order valence-corrected chi connectivity index (χ3v) is 3.88. The zero-order chi connectivity index (χ0) is 11.8. The fourth-order valence-corrected chi connectivity index (χ4v) is 2.44. The Bertz CT molecular complexity index is 345. The molecule has 1 heterocycles. The Morgan fingerprint density at radius 3 is 2.44 bits per heavy atom. The van der Waals surface area contributed by atoms with Gasteiger partial charge in [0.25, 0.3) is 0 Å². The van der Waals surface area contributed by atoms with Crippen molar-refractivity contribution in [2.45, 2.75) is 32.9 Å². The molecule has 1 fully saturated rings. The second kappa shape index (κ2) is 4.19. The lowest BCUT2D eigenvalue weighted by Crippen LogP contribution is -2.35. The van der Waals surface area contributed by atoms with Gasteiger partial charge < -0.3 is 5.73 Å². The molecule has 1 saturated heterocycles. The van der Waals surface area contributed by atoms with E-state index in [0.29, 0.717) is 12.1 Å². The number of nitrogens with zero attached hydrogens (tertiary/aromatic N) is 1. The molecule has 2 N–H and O–H groups in total. The zero-order valence-electron chi connectivity index (χ0n) is 10.5. The number of nitrogens with two attached hydrogens (primary N) is 1. The molecule has 0 aliphatic carbocycles. The molecule has 0 saturated carbocycles. The minimum atomic E-state index is 0.239. The summed E-state index contributed by atoms with van der Waals surface area (Å²) in [5.41, 5.74) is 7.80. The molecule has 0 radical (unpaired) electrons. The number of likely N-dealkylation sites (tertiary alicyclic amines) is 1. The average molecular weight is 218 g/mol. The first-order valence-electron chi connectivity index (χ1n) is 6.05. The third kappa shape index (κ3) is 2.13. The van der Waals surface area contributed by atoms with E-state index in [9.17, 15) is 0 Å². The summed E-state index contributed by atoms with van der Waals surface area (Å²) in [6.45, 7) is 8.88. The Labute approximate surface area is 98.4 Å². The van der Waals surface area contributed by atoms with Gasteiger partial charge in [-0.15, -0.1) is 0 Å². The summed E-state index contributed by atoms with van der Waals surface area (Å²) < 4.78 is 0. The van der Waals surface area contributed by atoms with Gasteiger partial charge in [0.15, 0.2) is 0 Å². The number of hydrogen-bond acceptors (Lipinski definition) is 2. The van der Waals surface area contributed by atoms with Gasteiger partial charge in [-0.25, -0.2) is 0 Å². The molecule has 2 heteroatoms. The number of hydrogen-bond donors (Lipinski definition) is 1. The quantitative estimate of drug-likeness (QED) is 0.826. The van der Waals surface area contributed by atoms with E-state index in [0.717, 1.165) is 13.1 Å². The van der Waals surface area contributed by atoms with Crippen molar-refractivity contribution in [2.24, 2.45) is 11.1 Å². The van der Waals surface area contributed by atoms with Crippen LogP contribution in [0.1, 0.15) is 32.4 Å². The lowest BCUT2D eigenvalue weighted by molar-refractivity contribution is 0.232. The molecule has 0 bridgehead atoms. The van der Waals surface area contributed by atoms with Gasteiger partial charge in [0.05, 0.1) is 0 Å². The van der Waals surface area contributed by atoms with E-state index in [1.807, 2.05) is 0 Å². The second-order valence-electron chi connectivity index (χ2n) is 5.61. The molecule has 1 aromatic carbocycles. The van der Waals surface area contributed by atoms with Gasteiger partial charge in [-0.3, -0.25) is 4.90 Å². The maximum Gasteiger partial charge on any atom is 0.0320 e. The van der Waals surface area contributed by atoms with Crippen LogP contribution in [0.2, 0.25) is 0 Å². The molecule has 0 amide bonds. The van der Waals surface area contributed by atoms with Gasteiger partial charge >= 0.3 is 0 Å². The highest BCUT2D eigenvalue weighted by Gasteiger charge is 2.38. The zero-order valence-corrected chi connectivity index (χ0v) is 10.5. The standard InChI is InChI=1S/C14H22N2/c1-11(12-7-5-4-6-8-12)16-9-13(15)14(2,3)10-16/h4-8,11,13H,9-10,15H2,1-3H3/t11-,13+/m1/s1. The molecule has 2 nitrogen and oxygen atoms in total. The fourth-order valence-electron chi connectivity index (χ4n) is 2.44. The molecule has 0 spiro atoms. The first kappa shape index (κ1) is 11.6. The van der Waals surface area contributed by atoms with E-state index >= 15 is 0 Å². The van der Waals surface area contributed by atoms with Crippen molar-refractivity contribution in [3.63, 3.8) is 0 Å². The van der Waals surface area contributed by atoms with Crippen molar-refractivity contribution in [3.8, 4) is 0 Å². The third-order valence-electron chi connectivity index (χ3n) is 3.88. The highest BCUT2D eigenvalue weighted by molar-refractivity contribution is 5.19. The first-order chi connectivity index (χ1) is 7.50. The molecule has 2 atom stereocenters. The van der Waals surface area contributed by atoms with Crippen LogP contribution in [0.5, 0.6) is 0 Å². The molecular weight excluding hydrogens is 196 g/mol. The van der Waals surface area contributed by atoms with Gasteiger partial charge in [0.2, 0.25) is 0 Å². The van der Waals surface area contributed by atoms with Gasteiger partial charge in [-0.05, 0) is 17.9 Å². The van der Waals surface area contributed by atoms with Crippen LogP contribution in [-0.4, -0.2) is 24.0 Å². The van der Waals surface area contributed by atoms with Crippen molar-refractivity contribution in [1.29, 1.82) is 0 Å². The van der Waals surface area contributed by atoms with E-state index in [2.05, 4.69) is 56.0 Å². The van der Waals surface area contributed by atoms with Crippen LogP contribution in [0.4, 0.5) is 0 Å². The first-order valence-corrected chi connectivity index (χ1v) is 6.05. The minimum absolute atomic E-state index is 0.239. The normalized spacial score (nSPS) is 26.9. The minimum Gasteiger partial charge on any atom is -0.326 e. The Morgan fingerprint density at radius 1 is 1.31 bits per heavy atom. The molecule has 1 aliphatic rings. The Hall–Kier alpha value is -0.860. The lowest BCUT2D eigenvalue weighted by atomic mass is 9.89. The van der Waals surface area contributed by atoms with Crippen LogP contribution >= 0.6 is 0 Å².